The topological polar surface area (TPSA) is 26.3 Å². The first kappa shape index (κ1) is 18.2. The van der Waals surface area contributed by atoms with Crippen molar-refractivity contribution in [3.8, 4) is 0 Å². The number of allylic oxidation sites excluding steroid dienone is 2. The smallest absolute Gasteiger partial charge is 0.123 e. The highest BCUT2D eigenvalue weighted by atomic mass is 16.5. The Morgan fingerprint density at radius 3 is 2.40 bits per heavy atom. The minimum Gasteiger partial charge on any atom is -0.489 e. The van der Waals surface area contributed by atoms with Crippen LogP contribution < -0.4 is 0 Å². The zero-order valence-electron chi connectivity index (χ0n) is 12.8. The normalized spacial score (nSPS) is 11.8. The third-order valence-corrected chi connectivity index (χ3v) is 2.37. The van der Waals surface area contributed by atoms with Crippen LogP contribution in [0.25, 0.3) is 0 Å². The first-order valence-electron chi connectivity index (χ1n) is 7.12. The first-order valence-corrected chi connectivity index (χ1v) is 7.12. The van der Waals surface area contributed by atoms with Crippen molar-refractivity contribution in [3.63, 3.8) is 0 Å². The molecule has 2 heteroatoms. The molecule has 0 heterocycles. The molecule has 1 aromatic rings. The van der Waals surface area contributed by atoms with Gasteiger partial charge in [-0.05, 0) is 24.1 Å². The van der Waals surface area contributed by atoms with Crippen molar-refractivity contribution >= 4 is 6.29 Å². The molecule has 1 unspecified atom stereocenters. The molecule has 0 saturated heterocycles. The van der Waals surface area contributed by atoms with Crippen LogP contribution in [0.1, 0.15) is 39.2 Å². The van der Waals surface area contributed by atoms with Gasteiger partial charge in [0.2, 0.25) is 0 Å². The summed E-state index contributed by atoms with van der Waals surface area (Å²) in [4.78, 5) is 10.5. The van der Waals surface area contributed by atoms with Crippen molar-refractivity contribution in [2.45, 2.75) is 40.2 Å². The van der Waals surface area contributed by atoms with Gasteiger partial charge in [0.05, 0.1) is 0 Å². The minimum absolute atomic E-state index is 0.0188. The second-order valence-corrected chi connectivity index (χ2v) is 4.64. The lowest BCUT2D eigenvalue weighted by Gasteiger charge is -2.07. The summed E-state index contributed by atoms with van der Waals surface area (Å²) in [5.41, 5.74) is 1.11. The van der Waals surface area contributed by atoms with Crippen LogP contribution >= 0.6 is 0 Å². The van der Waals surface area contributed by atoms with Crippen molar-refractivity contribution in [1.29, 1.82) is 0 Å². The lowest BCUT2D eigenvalue weighted by atomic mass is 10.1. The molecule has 0 fully saturated rings. The molecule has 110 valence electrons. The molecule has 0 aliphatic heterocycles. The highest BCUT2D eigenvalue weighted by Crippen LogP contribution is 2.09. The predicted octanol–water partition coefficient (Wildman–Crippen LogP) is 4.91. The summed E-state index contributed by atoms with van der Waals surface area (Å²) in [7, 11) is 0. The summed E-state index contributed by atoms with van der Waals surface area (Å²) >= 11 is 0. The number of carbonyl (C=O) groups excluding carboxylic acids is 1. The summed E-state index contributed by atoms with van der Waals surface area (Å²) in [5, 5.41) is 0. The average molecular weight is 274 g/mol. The van der Waals surface area contributed by atoms with Crippen LogP contribution in [0.4, 0.5) is 0 Å². The van der Waals surface area contributed by atoms with Crippen molar-refractivity contribution < 1.29 is 9.53 Å². The number of benzene rings is 1. The molecular weight excluding hydrogens is 248 g/mol. The Labute approximate surface area is 123 Å². The van der Waals surface area contributed by atoms with Gasteiger partial charge in [-0.25, -0.2) is 0 Å². The van der Waals surface area contributed by atoms with E-state index in [1.807, 2.05) is 43.3 Å². The van der Waals surface area contributed by atoms with Crippen LogP contribution in [-0.4, -0.2) is 6.29 Å². The summed E-state index contributed by atoms with van der Waals surface area (Å²) in [6.45, 7) is 10.3. The Hall–Kier alpha value is -1.83. The van der Waals surface area contributed by atoms with E-state index >= 15 is 0 Å². The summed E-state index contributed by atoms with van der Waals surface area (Å²) in [6, 6.07) is 9.94. The number of hydrogen-bond donors (Lipinski definition) is 0. The molecule has 0 aliphatic rings. The molecule has 2 nitrogen and oxygen atoms in total. The van der Waals surface area contributed by atoms with E-state index in [0.717, 1.165) is 17.6 Å². The van der Waals surface area contributed by atoms with Crippen molar-refractivity contribution in [2.24, 2.45) is 5.92 Å². The van der Waals surface area contributed by atoms with Crippen molar-refractivity contribution in [1.82, 2.24) is 0 Å². The Balaban J connectivity index is 0.00000110. The van der Waals surface area contributed by atoms with E-state index in [1.54, 1.807) is 6.08 Å². The highest BCUT2D eigenvalue weighted by molar-refractivity contribution is 5.53. The number of aldehydes is 1. The number of carbonyl (C=O) groups is 1. The predicted molar refractivity (Wildman–Crippen MR) is 85.3 cm³/mol. The van der Waals surface area contributed by atoms with Crippen LogP contribution in [0.2, 0.25) is 0 Å². The molecule has 0 aliphatic carbocycles. The maximum absolute atomic E-state index is 10.5. The van der Waals surface area contributed by atoms with Crippen LogP contribution in [0.15, 0.2) is 54.8 Å². The number of hydrogen-bond acceptors (Lipinski definition) is 2. The largest absolute Gasteiger partial charge is 0.489 e. The Kier molecular flexibility index (Phi) is 11.1. The molecule has 1 rings (SSSR count). The minimum atomic E-state index is 0.0188. The van der Waals surface area contributed by atoms with Gasteiger partial charge in [-0.2, -0.15) is 0 Å². The Morgan fingerprint density at radius 1 is 1.30 bits per heavy atom. The van der Waals surface area contributed by atoms with E-state index in [2.05, 4.69) is 20.4 Å². The van der Waals surface area contributed by atoms with Gasteiger partial charge in [0, 0.05) is 5.92 Å². The van der Waals surface area contributed by atoms with E-state index in [4.69, 9.17) is 4.74 Å². The quantitative estimate of drug-likeness (QED) is 0.401. The van der Waals surface area contributed by atoms with Gasteiger partial charge in [-0.15, -0.1) is 0 Å². The van der Waals surface area contributed by atoms with Gasteiger partial charge in [0.25, 0.3) is 0 Å². The van der Waals surface area contributed by atoms with E-state index in [-0.39, 0.29) is 5.92 Å². The molecule has 1 atom stereocenters. The summed E-state index contributed by atoms with van der Waals surface area (Å²) < 4.78 is 5.60. The fraction of sp³-hybridized carbons (Fsp3) is 0.389. The highest BCUT2D eigenvalue weighted by Gasteiger charge is 1.99. The Morgan fingerprint density at radius 2 is 1.90 bits per heavy atom. The molecule has 20 heavy (non-hydrogen) atoms. The lowest BCUT2D eigenvalue weighted by molar-refractivity contribution is -0.110. The SMILES string of the molecule is C=C/C(=C\CC(C)C=O)OCc1ccccc1.CCC. The van der Waals surface area contributed by atoms with Crippen LogP contribution in [0, 0.1) is 5.92 Å². The zero-order valence-corrected chi connectivity index (χ0v) is 12.8. The molecule has 0 aromatic heterocycles. The lowest BCUT2D eigenvalue weighted by Crippen LogP contribution is -1.96. The molecule has 0 bridgehead atoms. The molecule has 0 amide bonds. The maximum Gasteiger partial charge on any atom is 0.123 e. The molecule has 0 N–H and O–H groups in total. The molecule has 0 radical (unpaired) electrons. The van der Waals surface area contributed by atoms with Gasteiger partial charge in [-0.1, -0.05) is 64.1 Å². The first-order chi connectivity index (χ1) is 9.67. The fourth-order valence-electron chi connectivity index (χ4n) is 1.30. The summed E-state index contributed by atoms with van der Waals surface area (Å²) in [6.07, 6.45) is 6.43. The molecule has 0 spiro atoms. The van der Waals surface area contributed by atoms with Gasteiger partial charge in [0.1, 0.15) is 18.7 Å². The van der Waals surface area contributed by atoms with E-state index < -0.39 is 0 Å². The average Bonchev–Trinajstić information content (AvgIpc) is 2.49. The van der Waals surface area contributed by atoms with E-state index in [9.17, 15) is 4.79 Å². The maximum atomic E-state index is 10.5. The number of ether oxygens (including phenoxy) is 1. The molecule has 1 aromatic carbocycles. The van der Waals surface area contributed by atoms with Crippen molar-refractivity contribution in [2.75, 3.05) is 0 Å². The second-order valence-electron chi connectivity index (χ2n) is 4.64. The third kappa shape index (κ3) is 9.15. The van der Waals surface area contributed by atoms with Gasteiger partial charge in [0.15, 0.2) is 0 Å². The van der Waals surface area contributed by atoms with E-state index in [1.165, 1.54) is 6.42 Å². The van der Waals surface area contributed by atoms with Gasteiger partial charge < -0.3 is 9.53 Å². The monoisotopic (exact) mass is 274 g/mol. The van der Waals surface area contributed by atoms with Crippen LogP contribution in [-0.2, 0) is 16.1 Å². The second kappa shape index (κ2) is 12.2. The molecule has 0 saturated carbocycles. The zero-order chi connectivity index (χ0) is 15.2. The van der Waals surface area contributed by atoms with Gasteiger partial charge >= 0.3 is 0 Å². The van der Waals surface area contributed by atoms with Gasteiger partial charge in [-0.3, -0.25) is 0 Å². The van der Waals surface area contributed by atoms with Crippen LogP contribution in [0.5, 0.6) is 0 Å². The summed E-state index contributed by atoms with van der Waals surface area (Å²) in [5.74, 6) is 0.743. The van der Waals surface area contributed by atoms with Crippen molar-refractivity contribution in [3.05, 3.63) is 60.4 Å². The molecular formula is C18H26O2. The third-order valence-electron chi connectivity index (χ3n) is 2.37. The van der Waals surface area contributed by atoms with Crippen LogP contribution in [0.3, 0.4) is 0 Å². The standard InChI is InChI=1S/C15H18O2.C3H8/c1-3-15(10-9-13(2)11-16)17-12-14-7-5-4-6-8-14;1-3-2/h3-8,10-11,13H,1,9,12H2,2H3;3H2,1-2H3/b15-10+;. The van der Waals surface area contributed by atoms with E-state index in [0.29, 0.717) is 13.0 Å². The Bertz CT molecular complexity index is 393. The number of rotatable bonds is 7. The fourth-order valence-corrected chi connectivity index (χ4v) is 1.30.